The fourth-order valence-electron chi connectivity index (χ4n) is 0.704. The average molecular weight is 177 g/mol. The Morgan fingerprint density at radius 1 is 1.50 bits per heavy atom. The molecular weight excluding hydrogens is 168 g/mol. The molecule has 0 aromatic carbocycles. The van der Waals surface area contributed by atoms with Crippen LogP contribution in [0.3, 0.4) is 0 Å². The van der Waals surface area contributed by atoms with E-state index >= 15 is 0 Å². The summed E-state index contributed by atoms with van der Waals surface area (Å²) < 4.78 is 7.92. The molecule has 56 valence electrons. The lowest BCUT2D eigenvalue weighted by Crippen LogP contribution is -1.94. The van der Waals surface area contributed by atoms with Crippen LogP contribution < -0.4 is 0 Å². The van der Waals surface area contributed by atoms with Crippen molar-refractivity contribution in [2.24, 2.45) is 5.92 Å². The summed E-state index contributed by atoms with van der Waals surface area (Å²) in [6.45, 7) is 4.27. The van der Waals surface area contributed by atoms with Crippen molar-refractivity contribution in [1.82, 2.24) is 8.75 Å². The largest absolute Gasteiger partial charge is 0.176 e. The highest BCUT2D eigenvalue weighted by Gasteiger charge is 2.06. The third kappa shape index (κ3) is 1.92. The molecule has 0 aliphatic heterocycles. The van der Waals surface area contributed by atoms with Crippen LogP contribution >= 0.6 is 23.3 Å². The maximum absolute atomic E-state index is 5.72. The molecule has 1 aromatic heterocycles. The Bertz CT molecular complexity index is 209. The van der Waals surface area contributed by atoms with Gasteiger partial charge in [0.25, 0.3) is 0 Å². The zero-order valence-electron chi connectivity index (χ0n) is 5.97. The number of halogens is 1. The number of hydrogen-bond donors (Lipinski definition) is 0. The smallest absolute Gasteiger partial charge is 0.166 e. The van der Waals surface area contributed by atoms with Crippen molar-refractivity contribution in [3.05, 3.63) is 10.8 Å². The summed E-state index contributed by atoms with van der Waals surface area (Å²) in [6, 6.07) is 0. The molecule has 2 nitrogen and oxygen atoms in total. The van der Waals surface area contributed by atoms with Gasteiger partial charge in [-0.2, -0.15) is 8.75 Å². The van der Waals surface area contributed by atoms with Gasteiger partial charge in [-0.25, -0.2) is 0 Å². The second kappa shape index (κ2) is 3.30. The normalized spacial score (nSPS) is 10.8. The van der Waals surface area contributed by atoms with Gasteiger partial charge in [0.1, 0.15) is 0 Å². The maximum Gasteiger partial charge on any atom is 0.166 e. The number of nitrogens with zero attached hydrogens (tertiary/aromatic N) is 2. The first-order chi connectivity index (χ1) is 4.70. The average Bonchev–Trinajstić information content (AvgIpc) is 2.15. The molecule has 0 fully saturated rings. The summed E-state index contributed by atoms with van der Waals surface area (Å²) in [5, 5.41) is 0.568. The highest BCUT2D eigenvalue weighted by Crippen LogP contribution is 2.15. The van der Waals surface area contributed by atoms with E-state index in [0.717, 1.165) is 12.1 Å². The highest BCUT2D eigenvalue weighted by atomic mass is 35.5. The van der Waals surface area contributed by atoms with Gasteiger partial charge in [0.15, 0.2) is 5.15 Å². The highest BCUT2D eigenvalue weighted by molar-refractivity contribution is 6.99. The molecule has 1 rings (SSSR count). The summed E-state index contributed by atoms with van der Waals surface area (Å²) in [5.41, 5.74) is 0.932. The second-order valence-corrected chi connectivity index (χ2v) is 3.49. The molecule has 10 heavy (non-hydrogen) atoms. The lowest BCUT2D eigenvalue weighted by molar-refractivity contribution is 0.639. The van der Waals surface area contributed by atoms with Crippen molar-refractivity contribution < 1.29 is 0 Å². The SMILES string of the molecule is CC(C)Cc1nsnc1Cl. The first kappa shape index (κ1) is 7.95. The van der Waals surface area contributed by atoms with E-state index in [2.05, 4.69) is 22.6 Å². The van der Waals surface area contributed by atoms with Gasteiger partial charge < -0.3 is 0 Å². The van der Waals surface area contributed by atoms with Gasteiger partial charge in [-0.1, -0.05) is 25.4 Å². The van der Waals surface area contributed by atoms with Crippen LogP contribution in [0.5, 0.6) is 0 Å². The van der Waals surface area contributed by atoms with Gasteiger partial charge in [0.2, 0.25) is 0 Å². The Morgan fingerprint density at radius 3 is 2.60 bits per heavy atom. The minimum atomic E-state index is 0.568. The van der Waals surface area contributed by atoms with Crippen LogP contribution in [0.1, 0.15) is 19.5 Å². The lowest BCUT2D eigenvalue weighted by atomic mass is 10.1. The van der Waals surface area contributed by atoms with Crippen molar-refractivity contribution >= 4 is 23.3 Å². The van der Waals surface area contributed by atoms with Crippen LogP contribution in [0, 0.1) is 5.92 Å². The first-order valence-corrected chi connectivity index (χ1v) is 4.28. The summed E-state index contributed by atoms with van der Waals surface area (Å²) in [6.07, 6.45) is 0.926. The molecule has 0 aliphatic rings. The maximum atomic E-state index is 5.72. The standard InChI is InChI=1S/C6H9ClN2S/c1-4(2)3-5-6(7)9-10-8-5/h4H,3H2,1-2H3. The summed E-state index contributed by atoms with van der Waals surface area (Å²) in [4.78, 5) is 0. The predicted octanol–water partition coefficient (Wildman–Crippen LogP) is 2.39. The zero-order chi connectivity index (χ0) is 7.56. The first-order valence-electron chi connectivity index (χ1n) is 3.17. The van der Waals surface area contributed by atoms with E-state index < -0.39 is 0 Å². The monoisotopic (exact) mass is 176 g/mol. The quantitative estimate of drug-likeness (QED) is 0.692. The van der Waals surface area contributed by atoms with Crippen LogP contribution in [-0.4, -0.2) is 8.75 Å². The fraction of sp³-hybridized carbons (Fsp3) is 0.667. The minimum absolute atomic E-state index is 0.568. The Hall–Kier alpha value is -0.150. The molecule has 1 aromatic rings. The molecular formula is C6H9ClN2S. The van der Waals surface area contributed by atoms with Crippen LogP contribution in [-0.2, 0) is 6.42 Å². The summed E-state index contributed by atoms with van der Waals surface area (Å²) in [7, 11) is 0. The van der Waals surface area contributed by atoms with Crippen molar-refractivity contribution in [3.63, 3.8) is 0 Å². The van der Waals surface area contributed by atoms with E-state index in [1.54, 1.807) is 0 Å². The molecule has 0 radical (unpaired) electrons. The van der Waals surface area contributed by atoms with E-state index in [9.17, 15) is 0 Å². The van der Waals surface area contributed by atoms with Crippen molar-refractivity contribution in [3.8, 4) is 0 Å². The van der Waals surface area contributed by atoms with Crippen molar-refractivity contribution in [2.45, 2.75) is 20.3 Å². The minimum Gasteiger partial charge on any atom is -0.176 e. The molecule has 0 saturated carbocycles. The van der Waals surface area contributed by atoms with E-state index in [-0.39, 0.29) is 0 Å². The van der Waals surface area contributed by atoms with E-state index in [0.29, 0.717) is 11.1 Å². The van der Waals surface area contributed by atoms with Crippen molar-refractivity contribution in [2.75, 3.05) is 0 Å². The Balaban J connectivity index is 2.65. The number of aromatic nitrogens is 2. The fourth-order valence-corrected chi connectivity index (χ4v) is 1.44. The van der Waals surface area contributed by atoms with Gasteiger partial charge >= 0.3 is 0 Å². The molecule has 0 saturated heterocycles. The van der Waals surface area contributed by atoms with Crippen LogP contribution in [0.4, 0.5) is 0 Å². The Labute approximate surface area is 69.6 Å². The van der Waals surface area contributed by atoms with E-state index in [4.69, 9.17) is 11.6 Å². The molecule has 4 heteroatoms. The van der Waals surface area contributed by atoms with Gasteiger partial charge in [-0.3, -0.25) is 0 Å². The molecule has 0 spiro atoms. The Kier molecular flexibility index (Phi) is 2.63. The van der Waals surface area contributed by atoms with Gasteiger partial charge in [0.05, 0.1) is 17.4 Å². The predicted molar refractivity (Wildman–Crippen MR) is 43.5 cm³/mol. The van der Waals surface area contributed by atoms with Crippen LogP contribution in [0.2, 0.25) is 5.15 Å². The molecule has 0 bridgehead atoms. The lowest BCUT2D eigenvalue weighted by Gasteiger charge is -1.98. The number of rotatable bonds is 2. The summed E-state index contributed by atoms with van der Waals surface area (Å²) in [5.74, 6) is 0.599. The Morgan fingerprint density at radius 2 is 2.20 bits per heavy atom. The third-order valence-electron chi connectivity index (χ3n) is 1.11. The molecule has 0 unspecified atom stereocenters. The zero-order valence-corrected chi connectivity index (χ0v) is 7.54. The van der Waals surface area contributed by atoms with Gasteiger partial charge in [0, 0.05) is 0 Å². The molecule has 1 heterocycles. The van der Waals surface area contributed by atoms with Crippen LogP contribution in [0.15, 0.2) is 0 Å². The molecule has 0 N–H and O–H groups in total. The third-order valence-corrected chi connectivity index (χ3v) is 2.08. The van der Waals surface area contributed by atoms with Crippen molar-refractivity contribution in [1.29, 1.82) is 0 Å². The van der Waals surface area contributed by atoms with E-state index in [1.807, 2.05) is 0 Å². The molecule has 0 atom stereocenters. The summed E-state index contributed by atoms with van der Waals surface area (Å²) >= 11 is 6.90. The van der Waals surface area contributed by atoms with Gasteiger partial charge in [-0.05, 0) is 12.3 Å². The topological polar surface area (TPSA) is 25.8 Å². The van der Waals surface area contributed by atoms with Gasteiger partial charge in [-0.15, -0.1) is 0 Å². The van der Waals surface area contributed by atoms with Crippen LogP contribution in [0.25, 0.3) is 0 Å². The molecule has 0 aliphatic carbocycles. The van der Waals surface area contributed by atoms with E-state index in [1.165, 1.54) is 11.7 Å². The molecule has 0 amide bonds. The second-order valence-electron chi connectivity index (χ2n) is 2.60. The number of hydrogen-bond acceptors (Lipinski definition) is 3.